The highest BCUT2D eigenvalue weighted by molar-refractivity contribution is 5.65. The number of hydrogen-bond donors (Lipinski definition) is 1. The van der Waals surface area contributed by atoms with E-state index in [0.29, 0.717) is 18.7 Å². The lowest BCUT2D eigenvalue weighted by molar-refractivity contribution is 0.340. The molecular formula is C17H20FNO. The van der Waals surface area contributed by atoms with Crippen LogP contribution in [0.5, 0.6) is 5.75 Å². The van der Waals surface area contributed by atoms with E-state index >= 15 is 0 Å². The van der Waals surface area contributed by atoms with Crippen LogP contribution in [0.4, 0.5) is 4.39 Å². The molecule has 2 nitrogen and oxygen atoms in total. The van der Waals surface area contributed by atoms with Gasteiger partial charge in [-0.05, 0) is 42.8 Å². The molecule has 0 aliphatic heterocycles. The molecule has 0 radical (unpaired) electrons. The lowest BCUT2D eigenvalue weighted by Crippen LogP contribution is -2.12. The largest absolute Gasteiger partial charge is 0.494 e. The maximum atomic E-state index is 14.0. The van der Waals surface area contributed by atoms with Crippen LogP contribution < -0.4 is 10.1 Å². The van der Waals surface area contributed by atoms with E-state index in [1.165, 1.54) is 0 Å². The Balaban J connectivity index is 2.24. The second kappa shape index (κ2) is 7.06. The highest BCUT2D eigenvalue weighted by Crippen LogP contribution is 2.25. The summed E-state index contributed by atoms with van der Waals surface area (Å²) >= 11 is 0. The fourth-order valence-electron chi connectivity index (χ4n) is 2.06. The van der Waals surface area contributed by atoms with E-state index in [4.69, 9.17) is 4.74 Å². The van der Waals surface area contributed by atoms with Gasteiger partial charge in [-0.3, -0.25) is 0 Å². The number of halogens is 1. The molecule has 0 saturated carbocycles. The van der Waals surface area contributed by atoms with Gasteiger partial charge in [0.1, 0.15) is 11.6 Å². The summed E-state index contributed by atoms with van der Waals surface area (Å²) in [5.41, 5.74) is 2.52. The van der Waals surface area contributed by atoms with E-state index in [0.717, 1.165) is 23.4 Å². The molecule has 0 heterocycles. The molecule has 0 saturated heterocycles. The van der Waals surface area contributed by atoms with Gasteiger partial charge in [0.25, 0.3) is 0 Å². The standard InChI is InChI=1S/C17H20FNO/c1-3-19-12-15-9-8-14(11-17(15)18)13-6-5-7-16(10-13)20-4-2/h5-11,19H,3-4,12H2,1-2H3. The SMILES string of the molecule is CCNCc1ccc(-c2cccc(OCC)c2)cc1F. The maximum absolute atomic E-state index is 14.0. The fourth-order valence-corrected chi connectivity index (χ4v) is 2.06. The summed E-state index contributed by atoms with van der Waals surface area (Å²) in [6.45, 7) is 5.96. The first-order chi connectivity index (χ1) is 9.74. The summed E-state index contributed by atoms with van der Waals surface area (Å²) in [5.74, 6) is 0.632. The first-order valence-corrected chi connectivity index (χ1v) is 6.97. The molecule has 0 amide bonds. The van der Waals surface area contributed by atoms with Gasteiger partial charge in [0.05, 0.1) is 6.61 Å². The molecule has 0 unspecified atom stereocenters. The molecule has 1 N–H and O–H groups in total. The van der Waals surface area contributed by atoms with Crippen molar-refractivity contribution in [3.63, 3.8) is 0 Å². The van der Waals surface area contributed by atoms with Crippen molar-refractivity contribution in [3.05, 3.63) is 53.8 Å². The van der Waals surface area contributed by atoms with Crippen LogP contribution in [-0.2, 0) is 6.54 Å². The summed E-state index contributed by atoms with van der Waals surface area (Å²) < 4.78 is 19.5. The Morgan fingerprint density at radius 3 is 2.55 bits per heavy atom. The molecule has 106 valence electrons. The second-order valence-corrected chi connectivity index (χ2v) is 4.55. The number of ether oxygens (including phenoxy) is 1. The number of rotatable bonds is 6. The van der Waals surface area contributed by atoms with E-state index in [1.54, 1.807) is 6.07 Å². The van der Waals surface area contributed by atoms with Gasteiger partial charge in [0.15, 0.2) is 0 Å². The number of hydrogen-bond acceptors (Lipinski definition) is 2. The van der Waals surface area contributed by atoms with E-state index < -0.39 is 0 Å². The molecule has 2 aromatic carbocycles. The quantitative estimate of drug-likeness (QED) is 0.859. The minimum Gasteiger partial charge on any atom is -0.494 e. The van der Waals surface area contributed by atoms with Crippen LogP contribution in [0.25, 0.3) is 11.1 Å². The Morgan fingerprint density at radius 1 is 1.05 bits per heavy atom. The zero-order valence-corrected chi connectivity index (χ0v) is 11.9. The summed E-state index contributed by atoms with van der Waals surface area (Å²) in [7, 11) is 0. The second-order valence-electron chi connectivity index (χ2n) is 4.55. The summed E-state index contributed by atoms with van der Waals surface area (Å²) in [5, 5.41) is 3.13. The first-order valence-electron chi connectivity index (χ1n) is 6.97. The van der Waals surface area contributed by atoms with Crippen molar-refractivity contribution in [2.24, 2.45) is 0 Å². The third kappa shape index (κ3) is 3.58. The van der Waals surface area contributed by atoms with Gasteiger partial charge in [-0.25, -0.2) is 4.39 Å². The fraction of sp³-hybridized carbons (Fsp3) is 0.294. The third-order valence-electron chi connectivity index (χ3n) is 3.10. The Kier molecular flexibility index (Phi) is 5.13. The maximum Gasteiger partial charge on any atom is 0.128 e. The molecule has 0 spiro atoms. The van der Waals surface area contributed by atoms with Crippen molar-refractivity contribution in [3.8, 4) is 16.9 Å². The van der Waals surface area contributed by atoms with Crippen LogP contribution in [0.2, 0.25) is 0 Å². The van der Waals surface area contributed by atoms with Crippen LogP contribution in [0.15, 0.2) is 42.5 Å². The third-order valence-corrected chi connectivity index (χ3v) is 3.10. The lowest BCUT2D eigenvalue weighted by Gasteiger charge is -2.09. The van der Waals surface area contributed by atoms with Gasteiger partial charge in [-0.1, -0.05) is 31.2 Å². The number of benzene rings is 2. The molecule has 0 aromatic heterocycles. The zero-order chi connectivity index (χ0) is 14.4. The average molecular weight is 273 g/mol. The monoisotopic (exact) mass is 273 g/mol. The van der Waals surface area contributed by atoms with Gasteiger partial charge in [0, 0.05) is 12.1 Å². The molecule has 3 heteroatoms. The Labute approximate surface area is 119 Å². The molecule has 20 heavy (non-hydrogen) atoms. The van der Waals surface area contributed by atoms with E-state index in [2.05, 4.69) is 5.32 Å². The van der Waals surface area contributed by atoms with Crippen LogP contribution >= 0.6 is 0 Å². The topological polar surface area (TPSA) is 21.3 Å². The normalized spacial score (nSPS) is 10.6. The number of nitrogens with one attached hydrogen (secondary N) is 1. The molecule has 2 aromatic rings. The van der Waals surface area contributed by atoms with Crippen molar-refractivity contribution in [2.45, 2.75) is 20.4 Å². The van der Waals surface area contributed by atoms with Crippen molar-refractivity contribution in [1.82, 2.24) is 5.32 Å². The van der Waals surface area contributed by atoms with Crippen LogP contribution in [0, 0.1) is 5.82 Å². The lowest BCUT2D eigenvalue weighted by atomic mass is 10.0. The van der Waals surface area contributed by atoms with E-state index in [1.807, 2.05) is 50.2 Å². The predicted molar refractivity (Wildman–Crippen MR) is 80.4 cm³/mol. The molecule has 0 bridgehead atoms. The van der Waals surface area contributed by atoms with Crippen LogP contribution in [-0.4, -0.2) is 13.2 Å². The molecule has 0 fully saturated rings. The minimum atomic E-state index is -0.176. The van der Waals surface area contributed by atoms with Crippen LogP contribution in [0.3, 0.4) is 0 Å². The summed E-state index contributed by atoms with van der Waals surface area (Å²) in [6.07, 6.45) is 0. The Bertz CT molecular complexity index is 569. The van der Waals surface area contributed by atoms with Crippen molar-refractivity contribution in [1.29, 1.82) is 0 Å². The van der Waals surface area contributed by atoms with Crippen molar-refractivity contribution in [2.75, 3.05) is 13.2 Å². The molecular weight excluding hydrogens is 253 g/mol. The highest BCUT2D eigenvalue weighted by atomic mass is 19.1. The highest BCUT2D eigenvalue weighted by Gasteiger charge is 2.05. The van der Waals surface area contributed by atoms with E-state index in [-0.39, 0.29) is 5.82 Å². The van der Waals surface area contributed by atoms with Gasteiger partial charge >= 0.3 is 0 Å². The van der Waals surface area contributed by atoms with Gasteiger partial charge < -0.3 is 10.1 Å². The summed E-state index contributed by atoms with van der Waals surface area (Å²) in [6, 6.07) is 13.1. The van der Waals surface area contributed by atoms with Crippen molar-refractivity contribution < 1.29 is 9.13 Å². The molecule has 2 rings (SSSR count). The molecule has 0 atom stereocenters. The average Bonchev–Trinajstić information content (AvgIpc) is 2.46. The van der Waals surface area contributed by atoms with E-state index in [9.17, 15) is 4.39 Å². The predicted octanol–water partition coefficient (Wildman–Crippen LogP) is 4.00. The van der Waals surface area contributed by atoms with Crippen LogP contribution in [0.1, 0.15) is 19.4 Å². The molecule has 0 aliphatic carbocycles. The molecule has 0 aliphatic rings. The van der Waals surface area contributed by atoms with Crippen molar-refractivity contribution >= 4 is 0 Å². The first kappa shape index (κ1) is 14.5. The minimum absolute atomic E-state index is 0.176. The zero-order valence-electron chi connectivity index (χ0n) is 11.9. The van der Waals surface area contributed by atoms with Gasteiger partial charge in [-0.2, -0.15) is 0 Å². The smallest absolute Gasteiger partial charge is 0.128 e. The summed E-state index contributed by atoms with van der Waals surface area (Å²) in [4.78, 5) is 0. The van der Waals surface area contributed by atoms with Gasteiger partial charge in [0.2, 0.25) is 0 Å². The Morgan fingerprint density at radius 2 is 1.85 bits per heavy atom. The van der Waals surface area contributed by atoms with Gasteiger partial charge in [-0.15, -0.1) is 0 Å². The Hall–Kier alpha value is -1.87.